The molecule has 0 unspecified atom stereocenters. The van der Waals surface area contributed by atoms with E-state index in [0.717, 1.165) is 18.6 Å². The molecule has 0 spiro atoms. The second-order valence-corrected chi connectivity index (χ2v) is 3.67. The van der Waals surface area contributed by atoms with Gasteiger partial charge in [-0.3, -0.25) is 0 Å². The van der Waals surface area contributed by atoms with Crippen molar-refractivity contribution in [1.82, 2.24) is 9.88 Å². The summed E-state index contributed by atoms with van der Waals surface area (Å²) < 4.78 is 12.9. The summed E-state index contributed by atoms with van der Waals surface area (Å²) in [4.78, 5) is 0. The Bertz CT molecular complexity index is 391. The van der Waals surface area contributed by atoms with Crippen LogP contribution in [0.3, 0.4) is 0 Å². The molecule has 0 atom stereocenters. The normalized spacial score (nSPS) is 17.6. The number of hydrogen-bond acceptors (Lipinski definition) is 4. The maximum absolute atomic E-state index is 9.05. The summed E-state index contributed by atoms with van der Waals surface area (Å²) in [5.41, 5.74) is 1.41. The molecule has 84 valence electrons. The third-order valence-electron chi connectivity index (χ3n) is 2.56. The van der Waals surface area contributed by atoms with Gasteiger partial charge in [0.15, 0.2) is 0 Å². The van der Waals surface area contributed by atoms with Gasteiger partial charge in [-0.15, -0.1) is 0 Å². The second-order valence-electron chi connectivity index (χ2n) is 3.67. The largest absolute Gasteiger partial charge is 0.496 e. The van der Waals surface area contributed by atoms with Gasteiger partial charge in [0.1, 0.15) is 11.8 Å². The van der Waals surface area contributed by atoms with E-state index in [1.165, 1.54) is 0 Å². The van der Waals surface area contributed by atoms with Crippen molar-refractivity contribution in [3.8, 4) is 6.07 Å². The molecule has 0 aliphatic carbocycles. The van der Waals surface area contributed by atoms with Crippen molar-refractivity contribution in [3.05, 3.63) is 18.0 Å². The van der Waals surface area contributed by atoms with Gasteiger partial charge in [0.25, 0.3) is 0 Å². The predicted octanol–water partition coefficient (Wildman–Crippen LogP) is -0.772. The molecule has 0 amide bonds. The van der Waals surface area contributed by atoms with Gasteiger partial charge in [0, 0.05) is 45.0 Å². The minimum Gasteiger partial charge on any atom is -0.406 e. The summed E-state index contributed by atoms with van der Waals surface area (Å²) >= 11 is 0. The number of aryl methyl sites for hydroxylation is 1. The number of nitriles is 1. The van der Waals surface area contributed by atoms with Crippen molar-refractivity contribution >= 4 is 12.6 Å². The summed E-state index contributed by atoms with van der Waals surface area (Å²) in [5, 5.41) is 12.2. The van der Waals surface area contributed by atoms with Crippen LogP contribution in [-0.2, 0) is 16.4 Å². The van der Waals surface area contributed by atoms with Gasteiger partial charge in [0.2, 0.25) is 0 Å². The maximum atomic E-state index is 9.05. The summed E-state index contributed by atoms with van der Waals surface area (Å²) in [6.45, 7) is 2.80. The third-order valence-corrected chi connectivity index (χ3v) is 2.56. The first-order valence-corrected chi connectivity index (χ1v) is 5.32. The summed E-state index contributed by atoms with van der Waals surface area (Å²) in [7, 11) is 1.42. The fraction of sp³-hybridized carbons (Fsp3) is 0.500. The minimum absolute atomic E-state index is 0.419. The lowest BCUT2D eigenvalue weighted by atomic mass is 9.78. The van der Waals surface area contributed by atoms with Crippen molar-refractivity contribution < 1.29 is 9.31 Å². The molecule has 0 bridgehead atoms. The lowest BCUT2D eigenvalue weighted by Crippen LogP contribution is -2.43. The van der Waals surface area contributed by atoms with Gasteiger partial charge >= 0.3 is 7.12 Å². The van der Waals surface area contributed by atoms with Crippen LogP contribution in [0.1, 0.15) is 5.69 Å². The Morgan fingerprint density at radius 2 is 2.12 bits per heavy atom. The van der Waals surface area contributed by atoms with Gasteiger partial charge in [-0.2, -0.15) is 5.26 Å². The standard InChI is InChI=1S/C10H14BN3O2/c1-14-5-2-9(10(14)8-12)11-15-6-3-13-4-7-16-11/h2,5,13H,3-4,6-7H2,1H3. The highest BCUT2D eigenvalue weighted by molar-refractivity contribution is 6.62. The quantitative estimate of drug-likeness (QED) is 0.630. The van der Waals surface area contributed by atoms with Crippen LogP contribution < -0.4 is 10.8 Å². The van der Waals surface area contributed by atoms with Gasteiger partial charge in [-0.05, 0) is 6.07 Å². The van der Waals surface area contributed by atoms with Crippen LogP contribution in [0.5, 0.6) is 0 Å². The Labute approximate surface area is 95.1 Å². The molecule has 1 aromatic heterocycles. The van der Waals surface area contributed by atoms with E-state index in [-0.39, 0.29) is 0 Å². The molecule has 2 heterocycles. The molecule has 1 aromatic rings. The van der Waals surface area contributed by atoms with Crippen molar-refractivity contribution in [2.75, 3.05) is 26.3 Å². The highest BCUT2D eigenvalue weighted by atomic mass is 16.6. The Balaban J connectivity index is 2.18. The average Bonchev–Trinajstić information content (AvgIpc) is 2.59. The first kappa shape index (κ1) is 11.2. The summed E-state index contributed by atoms with van der Waals surface area (Å²) in [6.07, 6.45) is 1.84. The van der Waals surface area contributed by atoms with E-state index in [1.807, 2.05) is 19.3 Å². The second kappa shape index (κ2) is 5.17. The molecule has 6 heteroatoms. The highest BCUT2D eigenvalue weighted by Gasteiger charge is 2.27. The molecule has 16 heavy (non-hydrogen) atoms. The molecule has 1 aliphatic rings. The zero-order valence-electron chi connectivity index (χ0n) is 9.27. The fourth-order valence-electron chi connectivity index (χ4n) is 1.71. The van der Waals surface area contributed by atoms with Crippen LogP contribution in [0.2, 0.25) is 0 Å². The molecule has 0 saturated carbocycles. The zero-order chi connectivity index (χ0) is 11.4. The smallest absolute Gasteiger partial charge is 0.406 e. The highest BCUT2D eigenvalue weighted by Crippen LogP contribution is 2.01. The summed E-state index contributed by atoms with van der Waals surface area (Å²) in [6, 6.07) is 4.04. The van der Waals surface area contributed by atoms with Crippen LogP contribution in [0.15, 0.2) is 12.3 Å². The molecule has 1 fully saturated rings. The Morgan fingerprint density at radius 3 is 2.75 bits per heavy atom. The first-order valence-electron chi connectivity index (χ1n) is 5.32. The number of nitrogens with one attached hydrogen (secondary N) is 1. The molecule has 1 N–H and O–H groups in total. The van der Waals surface area contributed by atoms with Crippen molar-refractivity contribution in [2.45, 2.75) is 0 Å². The zero-order valence-corrected chi connectivity index (χ0v) is 9.27. The van der Waals surface area contributed by atoms with Gasteiger partial charge in [0.05, 0.1) is 0 Å². The molecule has 0 aromatic carbocycles. The van der Waals surface area contributed by atoms with E-state index in [0.29, 0.717) is 18.9 Å². The molecule has 0 radical (unpaired) electrons. The molecule has 5 nitrogen and oxygen atoms in total. The predicted molar refractivity (Wildman–Crippen MR) is 60.3 cm³/mol. The van der Waals surface area contributed by atoms with Crippen LogP contribution in [0.4, 0.5) is 0 Å². The lowest BCUT2D eigenvalue weighted by molar-refractivity contribution is 0.187. The van der Waals surface area contributed by atoms with E-state index < -0.39 is 7.12 Å². The van der Waals surface area contributed by atoms with Gasteiger partial charge < -0.3 is 19.2 Å². The molecular formula is C10H14BN3O2. The van der Waals surface area contributed by atoms with Crippen LogP contribution >= 0.6 is 0 Å². The van der Waals surface area contributed by atoms with Gasteiger partial charge in [-0.1, -0.05) is 0 Å². The van der Waals surface area contributed by atoms with Gasteiger partial charge in [-0.25, -0.2) is 0 Å². The average molecular weight is 219 g/mol. The fourth-order valence-corrected chi connectivity index (χ4v) is 1.71. The Hall–Kier alpha value is -1.29. The Kier molecular flexibility index (Phi) is 3.62. The van der Waals surface area contributed by atoms with E-state index in [4.69, 9.17) is 14.6 Å². The molecular weight excluding hydrogens is 205 g/mol. The van der Waals surface area contributed by atoms with E-state index in [1.54, 1.807) is 4.57 Å². The molecule has 1 saturated heterocycles. The van der Waals surface area contributed by atoms with Crippen LogP contribution in [0.25, 0.3) is 0 Å². The van der Waals surface area contributed by atoms with E-state index in [2.05, 4.69) is 11.4 Å². The summed E-state index contributed by atoms with van der Waals surface area (Å²) in [5.74, 6) is 0. The van der Waals surface area contributed by atoms with E-state index in [9.17, 15) is 0 Å². The van der Waals surface area contributed by atoms with Crippen molar-refractivity contribution in [2.24, 2.45) is 7.05 Å². The lowest BCUT2D eigenvalue weighted by Gasteiger charge is -2.18. The number of aromatic nitrogens is 1. The van der Waals surface area contributed by atoms with Crippen molar-refractivity contribution in [1.29, 1.82) is 5.26 Å². The SMILES string of the molecule is Cn1ccc(B2OCCNCCO2)c1C#N. The number of rotatable bonds is 1. The third kappa shape index (κ3) is 2.27. The number of nitrogens with zero attached hydrogens (tertiary/aromatic N) is 2. The maximum Gasteiger partial charge on any atom is 0.496 e. The topological polar surface area (TPSA) is 59.2 Å². The number of hydrogen-bond donors (Lipinski definition) is 1. The van der Waals surface area contributed by atoms with Crippen molar-refractivity contribution in [3.63, 3.8) is 0 Å². The molecule has 2 rings (SSSR count). The Morgan fingerprint density at radius 1 is 1.44 bits per heavy atom. The first-order chi connectivity index (χ1) is 7.83. The minimum atomic E-state index is -0.419. The van der Waals surface area contributed by atoms with Crippen LogP contribution in [0, 0.1) is 11.3 Å². The van der Waals surface area contributed by atoms with Crippen LogP contribution in [-0.4, -0.2) is 38.0 Å². The van der Waals surface area contributed by atoms with E-state index >= 15 is 0 Å². The monoisotopic (exact) mass is 219 g/mol. The molecule has 1 aliphatic heterocycles.